The van der Waals surface area contributed by atoms with Gasteiger partial charge >= 0.3 is 0 Å². The predicted octanol–water partition coefficient (Wildman–Crippen LogP) is 6.05. The summed E-state index contributed by atoms with van der Waals surface area (Å²) < 4.78 is 11.9. The van der Waals surface area contributed by atoms with Crippen LogP contribution in [-0.4, -0.2) is 4.98 Å². The lowest BCUT2D eigenvalue weighted by molar-refractivity contribution is 0.622. The highest BCUT2D eigenvalue weighted by molar-refractivity contribution is 6.37. The van der Waals surface area contributed by atoms with E-state index in [1.54, 1.807) is 6.07 Å². The van der Waals surface area contributed by atoms with Crippen molar-refractivity contribution >= 4 is 44.6 Å². The van der Waals surface area contributed by atoms with Crippen LogP contribution in [-0.2, 0) is 0 Å². The highest BCUT2D eigenvalue weighted by Crippen LogP contribution is 2.39. The van der Waals surface area contributed by atoms with Crippen LogP contribution in [0.2, 0.25) is 5.02 Å². The van der Waals surface area contributed by atoms with E-state index in [0.29, 0.717) is 27.6 Å². The quantitative estimate of drug-likeness (QED) is 0.377. The minimum atomic E-state index is 0.525. The van der Waals surface area contributed by atoms with Crippen LogP contribution in [0.1, 0.15) is 0 Å². The molecule has 0 spiro atoms. The molecule has 0 bridgehead atoms. The van der Waals surface area contributed by atoms with Gasteiger partial charge < -0.3 is 8.83 Å². The minimum Gasteiger partial charge on any atom is -0.456 e. The van der Waals surface area contributed by atoms with Crippen LogP contribution in [0.25, 0.3) is 44.5 Å². The van der Waals surface area contributed by atoms with Crippen LogP contribution in [0, 0.1) is 0 Å². The number of furan rings is 1. The van der Waals surface area contributed by atoms with E-state index in [9.17, 15) is 0 Å². The van der Waals surface area contributed by atoms with Gasteiger partial charge in [0.1, 0.15) is 16.7 Å². The van der Waals surface area contributed by atoms with Crippen LogP contribution in [0.4, 0.5) is 0 Å². The van der Waals surface area contributed by atoms with E-state index in [-0.39, 0.29) is 0 Å². The van der Waals surface area contributed by atoms with E-state index < -0.39 is 0 Å². The van der Waals surface area contributed by atoms with Gasteiger partial charge in [0, 0.05) is 17.0 Å². The molecule has 0 amide bonds. The van der Waals surface area contributed by atoms with E-state index in [1.807, 2.05) is 54.6 Å². The maximum atomic E-state index is 6.38. The van der Waals surface area contributed by atoms with Crippen molar-refractivity contribution in [3.8, 4) is 11.5 Å². The van der Waals surface area contributed by atoms with Gasteiger partial charge in [-0.15, -0.1) is 0 Å². The molecule has 5 rings (SSSR count). The van der Waals surface area contributed by atoms with Crippen LogP contribution < -0.4 is 0 Å². The number of rotatable bonds is 1. The van der Waals surface area contributed by atoms with Gasteiger partial charge in [0.2, 0.25) is 5.89 Å². The fourth-order valence-corrected chi connectivity index (χ4v) is 3.17. The van der Waals surface area contributed by atoms with Crippen molar-refractivity contribution < 1.29 is 8.83 Å². The number of fused-ring (bicyclic) bond motifs is 5. The first-order chi connectivity index (χ1) is 11.3. The average Bonchev–Trinajstić information content (AvgIpc) is 3.17. The van der Waals surface area contributed by atoms with Crippen molar-refractivity contribution in [2.24, 2.45) is 0 Å². The smallest absolute Gasteiger partial charge is 0.227 e. The summed E-state index contributed by atoms with van der Waals surface area (Å²) in [4.78, 5) is 4.58. The lowest BCUT2D eigenvalue weighted by atomic mass is 10.1. The Morgan fingerprint density at radius 1 is 0.826 bits per heavy atom. The van der Waals surface area contributed by atoms with Crippen molar-refractivity contribution in [1.82, 2.24) is 4.98 Å². The fraction of sp³-hybridized carbons (Fsp3) is 0. The van der Waals surface area contributed by atoms with Crippen LogP contribution in [0.15, 0.2) is 69.5 Å². The van der Waals surface area contributed by atoms with E-state index in [4.69, 9.17) is 20.4 Å². The Morgan fingerprint density at radius 2 is 1.61 bits per heavy atom. The van der Waals surface area contributed by atoms with E-state index in [0.717, 1.165) is 21.9 Å². The largest absolute Gasteiger partial charge is 0.456 e. The highest BCUT2D eigenvalue weighted by Gasteiger charge is 2.18. The Bertz CT molecular complexity index is 1170. The van der Waals surface area contributed by atoms with Crippen LogP contribution >= 0.6 is 11.6 Å². The summed E-state index contributed by atoms with van der Waals surface area (Å²) in [5.41, 5.74) is 3.75. The van der Waals surface area contributed by atoms with Gasteiger partial charge in [0.25, 0.3) is 0 Å². The molecule has 0 atom stereocenters. The Kier molecular flexibility index (Phi) is 2.55. The molecule has 4 heteroatoms. The average molecular weight is 320 g/mol. The van der Waals surface area contributed by atoms with Crippen molar-refractivity contribution in [1.29, 1.82) is 0 Å². The number of aromatic nitrogens is 1. The molecule has 0 unspecified atom stereocenters. The summed E-state index contributed by atoms with van der Waals surface area (Å²) in [5.74, 6) is 0.556. The van der Waals surface area contributed by atoms with E-state index in [1.165, 1.54) is 0 Å². The predicted molar refractivity (Wildman–Crippen MR) is 91.7 cm³/mol. The third kappa shape index (κ3) is 1.80. The Morgan fingerprint density at radius 3 is 2.48 bits per heavy atom. The maximum Gasteiger partial charge on any atom is 0.227 e. The second-order valence-corrected chi connectivity index (χ2v) is 5.80. The van der Waals surface area contributed by atoms with Gasteiger partial charge in [-0.2, -0.15) is 0 Å². The molecule has 0 saturated carbocycles. The number of halogens is 1. The zero-order chi connectivity index (χ0) is 15.4. The molecular formula is C19H10ClNO2. The summed E-state index contributed by atoms with van der Waals surface area (Å²) in [7, 11) is 0. The second-order valence-electron chi connectivity index (χ2n) is 5.39. The first-order valence-electron chi connectivity index (χ1n) is 7.27. The number of nitrogens with zero attached hydrogens (tertiary/aromatic N) is 1. The SMILES string of the molecule is Clc1cc2oc3ccccc3c2c2oc(-c3ccccc3)nc12. The Labute approximate surface area is 136 Å². The minimum absolute atomic E-state index is 0.525. The van der Waals surface area contributed by atoms with Crippen molar-refractivity contribution in [2.45, 2.75) is 0 Å². The summed E-state index contributed by atoms with van der Waals surface area (Å²) in [6.07, 6.45) is 0. The van der Waals surface area contributed by atoms with Gasteiger partial charge in [-0.3, -0.25) is 0 Å². The molecule has 0 aliphatic heterocycles. The molecule has 5 aromatic rings. The summed E-state index contributed by atoms with van der Waals surface area (Å²) in [5, 5.41) is 2.44. The third-order valence-corrected chi connectivity index (χ3v) is 4.27. The van der Waals surface area contributed by atoms with Crippen LogP contribution in [0.3, 0.4) is 0 Å². The van der Waals surface area contributed by atoms with Crippen molar-refractivity contribution in [3.63, 3.8) is 0 Å². The molecule has 0 aliphatic rings. The van der Waals surface area contributed by atoms with Gasteiger partial charge in [-0.1, -0.05) is 48.0 Å². The van der Waals surface area contributed by atoms with E-state index in [2.05, 4.69) is 4.98 Å². The highest BCUT2D eigenvalue weighted by atomic mass is 35.5. The molecule has 0 N–H and O–H groups in total. The second kappa shape index (κ2) is 4.61. The van der Waals surface area contributed by atoms with E-state index >= 15 is 0 Å². The van der Waals surface area contributed by atoms with Crippen LogP contribution in [0.5, 0.6) is 0 Å². The summed E-state index contributed by atoms with van der Waals surface area (Å²) in [6, 6.07) is 19.5. The molecule has 0 fully saturated rings. The third-order valence-electron chi connectivity index (χ3n) is 3.98. The zero-order valence-electron chi connectivity index (χ0n) is 11.9. The van der Waals surface area contributed by atoms with Crippen molar-refractivity contribution in [3.05, 3.63) is 65.7 Å². The van der Waals surface area contributed by atoms with Gasteiger partial charge in [-0.25, -0.2) is 4.98 Å². The molecule has 0 radical (unpaired) electrons. The molecule has 110 valence electrons. The molecule has 0 aliphatic carbocycles. The Balaban J connectivity index is 1.94. The number of para-hydroxylation sites is 1. The van der Waals surface area contributed by atoms with Gasteiger partial charge in [-0.05, 0) is 18.2 Å². The molecule has 2 heterocycles. The first kappa shape index (κ1) is 12.7. The topological polar surface area (TPSA) is 39.2 Å². The normalized spacial score (nSPS) is 11.7. The molecule has 3 nitrogen and oxygen atoms in total. The lowest BCUT2D eigenvalue weighted by Gasteiger charge is -1.93. The molecule has 2 aromatic heterocycles. The van der Waals surface area contributed by atoms with Gasteiger partial charge in [0.05, 0.1) is 10.4 Å². The first-order valence-corrected chi connectivity index (χ1v) is 7.65. The molecular weight excluding hydrogens is 310 g/mol. The summed E-state index contributed by atoms with van der Waals surface area (Å²) in [6.45, 7) is 0. The molecule has 0 saturated heterocycles. The van der Waals surface area contributed by atoms with Crippen molar-refractivity contribution in [2.75, 3.05) is 0 Å². The standard InChI is InChI=1S/C19H10ClNO2/c20-13-10-15-16(12-8-4-5-9-14(12)22-15)18-17(13)21-19(23-18)11-6-2-1-3-7-11/h1-10H. The lowest BCUT2D eigenvalue weighted by Crippen LogP contribution is -1.75. The number of oxazole rings is 1. The zero-order valence-corrected chi connectivity index (χ0v) is 12.7. The van der Waals surface area contributed by atoms with Gasteiger partial charge in [0.15, 0.2) is 5.58 Å². The molecule has 23 heavy (non-hydrogen) atoms. The number of hydrogen-bond donors (Lipinski definition) is 0. The molecule has 3 aromatic carbocycles. The number of hydrogen-bond acceptors (Lipinski definition) is 3. The monoisotopic (exact) mass is 319 g/mol. The summed E-state index contributed by atoms with van der Waals surface area (Å²) >= 11 is 6.38. The number of benzene rings is 3. The Hall–Kier alpha value is -2.78. The fourth-order valence-electron chi connectivity index (χ4n) is 2.94. The maximum absolute atomic E-state index is 6.38.